The molecule has 0 saturated heterocycles. The number of hydrogen-bond donors (Lipinski definition) is 0. The monoisotopic (exact) mass is 269 g/mol. The Morgan fingerprint density at radius 1 is 1.15 bits per heavy atom. The van der Waals surface area contributed by atoms with Crippen molar-refractivity contribution < 1.29 is 4.74 Å². The molecule has 0 aliphatic rings. The van der Waals surface area contributed by atoms with Crippen molar-refractivity contribution in [3.8, 4) is 5.75 Å². The van der Waals surface area contributed by atoms with E-state index in [0.29, 0.717) is 6.61 Å². The zero-order chi connectivity index (χ0) is 14.6. The van der Waals surface area contributed by atoms with E-state index in [2.05, 4.69) is 35.4 Å². The van der Waals surface area contributed by atoms with Gasteiger partial charge in [-0.15, -0.1) is 0 Å². The molecule has 0 fully saturated rings. The van der Waals surface area contributed by atoms with E-state index in [9.17, 15) is 0 Å². The first-order valence-corrected chi connectivity index (χ1v) is 7.03. The summed E-state index contributed by atoms with van der Waals surface area (Å²) in [6.45, 7) is 7.52. The third-order valence-corrected chi connectivity index (χ3v) is 2.57. The molecule has 1 aromatic rings. The van der Waals surface area contributed by atoms with Crippen LogP contribution >= 0.6 is 0 Å². The van der Waals surface area contributed by atoms with Crippen molar-refractivity contribution in [1.29, 1.82) is 0 Å². The molecular weight excluding hydrogens is 246 g/mol. The molecular formula is C18H23NO. The van der Waals surface area contributed by atoms with Crippen molar-refractivity contribution >= 4 is 12.3 Å². The van der Waals surface area contributed by atoms with E-state index in [1.807, 2.05) is 51.3 Å². The van der Waals surface area contributed by atoms with Crippen LogP contribution in [0.4, 0.5) is 0 Å². The number of allylic oxidation sites excluding steroid dienone is 5. The quantitative estimate of drug-likeness (QED) is 0.519. The van der Waals surface area contributed by atoms with Gasteiger partial charge >= 0.3 is 0 Å². The van der Waals surface area contributed by atoms with Crippen LogP contribution < -0.4 is 4.74 Å². The Balaban J connectivity index is 2.76. The van der Waals surface area contributed by atoms with Gasteiger partial charge < -0.3 is 4.74 Å². The summed E-state index contributed by atoms with van der Waals surface area (Å²) < 4.78 is 5.43. The predicted octanol–water partition coefficient (Wildman–Crippen LogP) is 4.69. The molecule has 0 amide bonds. The standard InChI is InChI=1S/C18H23NO/c1-4-7-16(14-15-19-5-2)8-9-17-10-12-18(13-11-17)20-6-3/h4,7-15H,5-6H2,1-3H3/b7-4-,9-8+,16-14+,19-15?. The molecule has 0 N–H and O–H groups in total. The van der Waals surface area contributed by atoms with E-state index in [4.69, 9.17) is 4.74 Å². The third kappa shape index (κ3) is 6.19. The first-order valence-electron chi connectivity index (χ1n) is 7.03. The van der Waals surface area contributed by atoms with E-state index >= 15 is 0 Å². The maximum absolute atomic E-state index is 5.43. The highest BCUT2D eigenvalue weighted by molar-refractivity contribution is 5.75. The van der Waals surface area contributed by atoms with Crippen molar-refractivity contribution in [3.05, 3.63) is 59.7 Å². The average molecular weight is 269 g/mol. The lowest BCUT2D eigenvalue weighted by molar-refractivity contribution is 0.340. The van der Waals surface area contributed by atoms with Crippen molar-refractivity contribution in [2.45, 2.75) is 20.8 Å². The number of rotatable bonds is 7. The fourth-order valence-corrected chi connectivity index (χ4v) is 1.64. The lowest BCUT2D eigenvalue weighted by Crippen LogP contribution is -1.90. The van der Waals surface area contributed by atoms with Crippen LogP contribution in [0.2, 0.25) is 0 Å². The second kappa shape index (κ2) is 9.79. The van der Waals surface area contributed by atoms with Crippen LogP contribution in [0.15, 0.2) is 59.1 Å². The summed E-state index contributed by atoms with van der Waals surface area (Å²) in [5, 5.41) is 0. The van der Waals surface area contributed by atoms with Crippen LogP contribution in [0.3, 0.4) is 0 Å². The largest absolute Gasteiger partial charge is 0.494 e. The molecule has 1 aromatic carbocycles. The van der Waals surface area contributed by atoms with Crippen molar-refractivity contribution in [1.82, 2.24) is 0 Å². The maximum atomic E-state index is 5.43. The first kappa shape index (κ1) is 16.0. The van der Waals surface area contributed by atoms with Gasteiger partial charge in [-0.2, -0.15) is 0 Å². The molecule has 2 nitrogen and oxygen atoms in total. The highest BCUT2D eigenvalue weighted by Gasteiger charge is 1.91. The average Bonchev–Trinajstić information content (AvgIpc) is 2.47. The van der Waals surface area contributed by atoms with Crippen LogP contribution in [0.1, 0.15) is 26.3 Å². The summed E-state index contributed by atoms with van der Waals surface area (Å²) in [7, 11) is 0. The molecule has 0 aliphatic carbocycles. The van der Waals surface area contributed by atoms with Gasteiger partial charge in [-0.05, 0) is 50.1 Å². The molecule has 0 saturated carbocycles. The summed E-state index contributed by atoms with van der Waals surface area (Å²) in [4.78, 5) is 4.20. The lowest BCUT2D eigenvalue weighted by Gasteiger charge is -2.02. The second-order valence-corrected chi connectivity index (χ2v) is 4.15. The summed E-state index contributed by atoms with van der Waals surface area (Å²) in [6, 6.07) is 8.07. The summed E-state index contributed by atoms with van der Waals surface area (Å²) >= 11 is 0. The number of nitrogens with zero attached hydrogens (tertiary/aromatic N) is 1. The van der Waals surface area contributed by atoms with Gasteiger partial charge in [0.2, 0.25) is 0 Å². The minimum Gasteiger partial charge on any atom is -0.494 e. The summed E-state index contributed by atoms with van der Waals surface area (Å²) in [6.07, 6.45) is 12.1. The molecule has 0 unspecified atom stereocenters. The van der Waals surface area contributed by atoms with Crippen LogP contribution in [-0.2, 0) is 0 Å². The molecule has 0 aromatic heterocycles. The first-order chi connectivity index (χ1) is 9.80. The topological polar surface area (TPSA) is 21.6 Å². The van der Waals surface area contributed by atoms with Crippen LogP contribution in [-0.4, -0.2) is 19.4 Å². The van der Waals surface area contributed by atoms with Crippen LogP contribution in [0.25, 0.3) is 6.08 Å². The molecule has 0 aliphatic heterocycles. The smallest absolute Gasteiger partial charge is 0.119 e. The van der Waals surface area contributed by atoms with Gasteiger partial charge in [-0.25, -0.2) is 0 Å². The van der Waals surface area contributed by atoms with Crippen molar-refractivity contribution in [2.75, 3.05) is 13.2 Å². The van der Waals surface area contributed by atoms with E-state index in [0.717, 1.165) is 23.4 Å². The molecule has 0 atom stereocenters. The maximum Gasteiger partial charge on any atom is 0.119 e. The Kier molecular flexibility index (Phi) is 7.82. The SMILES string of the molecule is C\C=C/C(/C=C/c1ccc(OCC)cc1)=C\C=NCC. The van der Waals surface area contributed by atoms with E-state index in [1.54, 1.807) is 0 Å². The van der Waals surface area contributed by atoms with Crippen LogP contribution in [0, 0.1) is 0 Å². The Labute approximate surface area is 122 Å². The van der Waals surface area contributed by atoms with E-state index in [1.165, 1.54) is 0 Å². The summed E-state index contributed by atoms with van der Waals surface area (Å²) in [5.41, 5.74) is 2.27. The molecule has 0 spiro atoms. The predicted molar refractivity (Wildman–Crippen MR) is 88.6 cm³/mol. The zero-order valence-corrected chi connectivity index (χ0v) is 12.5. The Bertz CT molecular complexity index is 493. The van der Waals surface area contributed by atoms with Crippen LogP contribution in [0.5, 0.6) is 5.75 Å². The number of ether oxygens (including phenoxy) is 1. The molecule has 0 radical (unpaired) electrons. The van der Waals surface area contributed by atoms with Crippen molar-refractivity contribution in [3.63, 3.8) is 0 Å². The summed E-state index contributed by atoms with van der Waals surface area (Å²) in [5.74, 6) is 0.906. The third-order valence-electron chi connectivity index (χ3n) is 2.57. The molecule has 0 bridgehead atoms. The normalized spacial score (nSPS) is 12.8. The number of benzene rings is 1. The molecule has 2 heteroatoms. The lowest BCUT2D eigenvalue weighted by atomic mass is 10.1. The number of aliphatic imine (C=N–C) groups is 1. The number of hydrogen-bond acceptors (Lipinski definition) is 2. The fourth-order valence-electron chi connectivity index (χ4n) is 1.64. The van der Waals surface area contributed by atoms with E-state index in [-0.39, 0.29) is 0 Å². The van der Waals surface area contributed by atoms with Gasteiger partial charge in [-0.3, -0.25) is 4.99 Å². The van der Waals surface area contributed by atoms with Crippen molar-refractivity contribution in [2.24, 2.45) is 4.99 Å². The van der Waals surface area contributed by atoms with Gasteiger partial charge in [0.25, 0.3) is 0 Å². The minimum atomic E-state index is 0.695. The molecule has 106 valence electrons. The Hall–Kier alpha value is -2.09. The second-order valence-electron chi connectivity index (χ2n) is 4.15. The molecule has 0 heterocycles. The highest BCUT2D eigenvalue weighted by atomic mass is 16.5. The van der Waals surface area contributed by atoms with Gasteiger partial charge in [0.05, 0.1) is 6.61 Å². The minimum absolute atomic E-state index is 0.695. The highest BCUT2D eigenvalue weighted by Crippen LogP contribution is 2.14. The van der Waals surface area contributed by atoms with E-state index < -0.39 is 0 Å². The Morgan fingerprint density at radius 3 is 2.50 bits per heavy atom. The Morgan fingerprint density at radius 2 is 1.90 bits per heavy atom. The molecule has 20 heavy (non-hydrogen) atoms. The molecule has 1 rings (SSSR count). The van der Waals surface area contributed by atoms with Gasteiger partial charge in [0.1, 0.15) is 5.75 Å². The van der Waals surface area contributed by atoms with Gasteiger partial charge in [0, 0.05) is 12.8 Å². The van der Waals surface area contributed by atoms with Gasteiger partial charge in [0.15, 0.2) is 0 Å². The zero-order valence-electron chi connectivity index (χ0n) is 12.5. The van der Waals surface area contributed by atoms with Gasteiger partial charge in [-0.1, -0.05) is 36.4 Å². The fraction of sp³-hybridized carbons (Fsp3) is 0.278.